The maximum Gasteiger partial charge on any atom is 0.182 e. The number of aromatic nitrogens is 3. The van der Waals surface area contributed by atoms with E-state index in [1.54, 1.807) is 18.2 Å². The third-order valence-corrected chi connectivity index (χ3v) is 12.5. The van der Waals surface area contributed by atoms with Gasteiger partial charge < -0.3 is 18.9 Å². The van der Waals surface area contributed by atoms with Gasteiger partial charge in [0.05, 0.1) is 22.4 Å². The van der Waals surface area contributed by atoms with Crippen LogP contribution in [0, 0.1) is 6.07 Å². The van der Waals surface area contributed by atoms with E-state index in [1.165, 1.54) is 27.8 Å². The zero-order valence-corrected chi connectivity index (χ0v) is 43.8. The van der Waals surface area contributed by atoms with E-state index in [1.807, 2.05) is 61.1 Å². The van der Waals surface area contributed by atoms with Crippen molar-refractivity contribution < 1.29 is 34.0 Å². The maximum atomic E-state index is 13.3. The first-order chi connectivity index (χ1) is 33.1. The molecule has 70 heavy (non-hydrogen) atoms. The summed E-state index contributed by atoms with van der Waals surface area (Å²) in [6.45, 7) is 24.7. The van der Waals surface area contributed by atoms with Crippen LogP contribution >= 0.6 is 0 Å². The minimum Gasteiger partial charge on any atom is -0.500 e. The molecule has 4 aromatic heterocycles. The van der Waals surface area contributed by atoms with Gasteiger partial charge in [0, 0.05) is 49.8 Å². The van der Waals surface area contributed by atoms with Crippen molar-refractivity contribution in [1.82, 2.24) is 15.0 Å². The zero-order chi connectivity index (χ0) is 48.9. The molecule has 2 aliphatic heterocycles. The van der Waals surface area contributed by atoms with Gasteiger partial charge in [-0.05, 0) is 184 Å². The Bertz CT molecular complexity index is 3230. The number of aryl methyl sites for hydroxylation is 2. The van der Waals surface area contributed by atoms with Crippen molar-refractivity contribution in [2.45, 2.75) is 91.9 Å². The van der Waals surface area contributed by atoms with Crippen LogP contribution in [0.3, 0.4) is 0 Å². The Morgan fingerprint density at radius 2 is 1.09 bits per heavy atom. The van der Waals surface area contributed by atoms with Gasteiger partial charge in [0.15, 0.2) is 5.43 Å². The molecular formula is C62H60IrN3O4-. The Morgan fingerprint density at radius 3 is 1.60 bits per heavy atom. The van der Waals surface area contributed by atoms with Crippen molar-refractivity contribution in [1.29, 1.82) is 0 Å². The van der Waals surface area contributed by atoms with Gasteiger partial charge in [-0.2, -0.15) is 0 Å². The van der Waals surface area contributed by atoms with E-state index < -0.39 is 0 Å². The van der Waals surface area contributed by atoms with Crippen LogP contribution in [0.15, 0.2) is 180 Å². The van der Waals surface area contributed by atoms with Gasteiger partial charge in [-0.3, -0.25) is 14.8 Å². The van der Waals surface area contributed by atoms with Crippen LogP contribution in [0.1, 0.15) is 88.8 Å². The number of ether oxygens (including phenoxy) is 2. The molecule has 2 aliphatic rings. The second kappa shape index (κ2) is 21.8. The van der Waals surface area contributed by atoms with E-state index in [4.69, 9.17) is 13.9 Å². The quantitative estimate of drug-likeness (QED) is 0.116. The number of allylic oxidation sites excluding steroid dienone is 4. The first-order valence-electron chi connectivity index (χ1n) is 23.7. The minimum atomic E-state index is -0.0392. The number of nitrogens with zero attached hydrogens (tertiary/aromatic N) is 3. The Morgan fingerprint density at radius 1 is 0.586 bits per heavy atom. The van der Waals surface area contributed by atoms with Crippen molar-refractivity contribution in [2.24, 2.45) is 0 Å². The Hall–Kier alpha value is -6.99. The fraction of sp³-hybridized carbons (Fsp3) is 0.226. The third kappa shape index (κ3) is 11.7. The summed E-state index contributed by atoms with van der Waals surface area (Å²) >= 11 is 0. The standard InChI is InChI=1S/C26H26NO2.2C18H17NO.Ir/c1-25(2,3)17-8-10-23-20(14-17)24(28)19-13-16(7-9-22(19)29-23)21-15-18(11-12-27-21)26(4,5)6;2*1-3-13-9-10-19-17(11-13)14-6-8-18-15(12-14)5-7-16(4-2)20-18;/h8-15H,1-6H3;2*4,6-12H,2-3,5H2,1H3;/q-1;;;. The molecule has 4 aromatic carbocycles. The van der Waals surface area contributed by atoms with Crippen molar-refractivity contribution in [3.05, 3.63) is 220 Å². The summed E-state index contributed by atoms with van der Waals surface area (Å²) in [5, 5.41) is 1.17. The Balaban J connectivity index is 0.000000158. The summed E-state index contributed by atoms with van der Waals surface area (Å²) < 4.78 is 17.5. The summed E-state index contributed by atoms with van der Waals surface area (Å²) in [4.78, 5) is 26.7. The molecule has 0 spiro atoms. The van der Waals surface area contributed by atoms with Gasteiger partial charge in [0.2, 0.25) is 0 Å². The van der Waals surface area contributed by atoms with Gasteiger partial charge >= 0.3 is 0 Å². The molecule has 0 aliphatic carbocycles. The molecule has 6 heterocycles. The molecule has 0 saturated carbocycles. The van der Waals surface area contributed by atoms with Crippen LogP contribution in [-0.4, -0.2) is 15.0 Å². The van der Waals surface area contributed by atoms with Crippen molar-refractivity contribution in [3.63, 3.8) is 0 Å². The second-order valence-electron chi connectivity index (χ2n) is 19.4. The molecule has 8 heteroatoms. The summed E-state index contributed by atoms with van der Waals surface area (Å²) in [6.07, 6.45) is 16.9. The Labute approximate surface area is 426 Å². The predicted octanol–water partition coefficient (Wildman–Crippen LogP) is 15.0. The molecule has 0 saturated heterocycles. The van der Waals surface area contributed by atoms with Crippen LogP contribution in [0.4, 0.5) is 0 Å². The first kappa shape index (κ1) is 50.9. The van der Waals surface area contributed by atoms with Gasteiger partial charge in [-0.1, -0.05) is 80.7 Å². The minimum absolute atomic E-state index is 0. The average molecular weight is 1100 g/mol. The van der Waals surface area contributed by atoms with Gasteiger partial charge in [-0.15, -0.1) is 23.8 Å². The number of benzene rings is 4. The van der Waals surface area contributed by atoms with Crippen LogP contribution in [0.2, 0.25) is 0 Å². The number of hydrogen-bond donors (Lipinski definition) is 0. The van der Waals surface area contributed by atoms with Crippen LogP contribution in [0.5, 0.6) is 11.5 Å². The SMILES string of the molecule is C=CC1=CCc2cc(-c3cc(CC)ccn3)ccc2O1.C=CC1=CCc2cc(-c3cc(CC)ccn3)ccc2O1.CC(C)(C)c1ccnc(-c2[c-]cc3oc4ccc(C(C)(C)C)cc4c(=O)c3c2)c1.[Ir]. The second-order valence-corrected chi connectivity index (χ2v) is 19.4. The molecule has 0 amide bonds. The summed E-state index contributed by atoms with van der Waals surface area (Å²) in [7, 11) is 0. The van der Waals surface area contributed by atoms with E-state index in [-0.39, 0.29) is 36.4 Å². The summed E-state index contributed by atoms with van der Waals surface area (Å²) in [6, 6.07) is 37.7. The van der Waals surface area contributed by atoms with E-state index >= 15 is 0 Å². The molecule has 0 bridgehead atoms. The van der Waals surface area contributed by atoms with E-state index in [9.17, 15) is 4.79 Å². The van der Waals surface area contributed by atoms with Crippen molar-refractivity contribution >= 4 is 21.9 Å². The number of fused-ring (bicyclic) bond motifs is 4. The Kier molecular flexibility index (Phi) is 15.8. The fourth-order valence-electron chi connectivity index (χ4n) is 8.17. The third-order valence-electron chi connectivity index (χ3n) is 12.5. The summed E-state index contributed by atoms with van der Waals surface area (Å²) in [5.74, 6) is 3.49. The van der Waals surface area contributed by atoms with Crippen molar-refractivity contribution in [3.8, 4) is 45.3 Å². The zero-order valence-electron chi connectivity index (χ0n) is 41.4. The van der Waals surface area contributed by atoms with E-state index in [2.05, 4.69) is 156 Å². The van der Waals surface area contributed by atoms with Gasteiger partial charge in [-0.25, -0.2) is 0 Å². The molecule has 0 N–H and O–H groups in total. The summed E-state index contributed by atoms with van der Waals surface area (Å²) in [5.41, 5.74) is 14.3. The topological polar surface area (TPSA) is 87.3 Å². The van der Waals surface area contributed by atoms with E-state index in [0.29, 0.717) is 21.9 Å². The van der Waals surface area contributed by atoms with Crippen molar-refractivity contribution in [2.75, 3.05) is 0 Å². The molecule has 357 valence electrons. The molecule has 0 unspecified atom stereocenters. The van der Waals surface area contributed by atoms with Gasteiger partial charge in [0.1, 0.15) is 28.6 Å². The largest absolute Gasteiger partial charge is 0.500 e. The average Bonchev–Trinajstić information content (AvgIpc) is 3.37. The molecule has 10 rings (SSSR count). The molecule has 0 atom stereocenters. The smallest absolute Gasteiger partial charge is 0.182 e. The first-order valence-corrected chi connectivity index (χ1v) is 23.7. The normalized spacial score (nSPS) is 12.7. The molecule has 7 nitrogen and oxygen atoms in total. The predicted molar refractivity (Wildman–Crippen MR) is 283 cm³/mol. The number of pyridine rings is 3. The molecule has 0 fully saturated rings. The van der Waals surface area contributed by atoms with Crippen LogP contribution in [0.25, 0.3) is 55.7 Å². The number of hydrogen-bond acceptors (Lipinski definition) is 7. The molecule has 1 radical (unpaired) electrons. The van der Waals surface area contributed by atoms with Crippen LogP contribution in [-0.2, 0) is 56.6 Å². The monoisotopic (exact) mass is 1100 g/mol. The van der Waals surface area contributed by atoms with E-state index in [0.717, 1.165) is 88.0 Å². The maximum absolute atomic E-state index is 13.3. The molecular weight excluding hydrogens is 1040 g/mol. The van der Waals surface area contributed by atoms with Crippen LogP contribution < -0.4 is 14.9 Å². The molecule has 8 aromatic rings. The fourth-order valence-corrected chi connectivity index (χ4v) is 8.17. The van der Waals surface area contributed by atoms with Gasteiger partial charge in [0.25, 0.3) is 0 Å². The number of rotatable bonds is 7.